The molecule has 0 bridgehead atoms. The highest BCUT2D eigenvalue weighted by Crippen LogP contribution is 2.26. The van der Waals surface area contributed by atoms with Gasteiger partial charge in [0, 0.05) is 11.6 Å². The highest BCUT2D eigenvalue weighted by molar-refractivity contribution is 6.36. The van der Waals surface area contributed by atoms with Crippen molar-refractivity contribution in [2.75, 3.05) is 17.2 Å². The zero-order chi connectivity index (χ0) is 15.4. The molecule has 0 atom stereocenters. The van der Waals surface area contributed by atoms with Crippen LogP contribution >= 0.6 is 23.2 Å². The smallest absolute Gasteiger partial charge is 0.259 e. The molecule has 4 nitrogen and oxygen atoms in total. The van der Waals surface area contributed by atoms with Crippen LogP contribution in [0.4, 0.5) is 15.9 Å². The van der Waals surface area contributed by atoms with Gasteiger partial charge < -0.3 is 10.6 Å². The number of nitrogens with one attached hydrogen (secondary N) is 2. The number of carbonyl (C=O) groups excluding carboxylic acids is 1. The first kappa shape index (κ1) is 15.5. The summed E-state index contributed by atoms with van der Waals surface area (Å²) in [5, 5.41) is 6.26. The quantitative estimate of drug-likeness (QED) is 0.884. The molecule has 2 rings (SSSR count). The SMILES string of the molecule is CCNc1ncc(F)cc1C(=O)Nc1ccc(Cl)cc1Cl. The number of benzene rings is 1. The summed E-state index contributed by atoms with van der Waals surface area (Å²) in [7, 11) is 0. The summed E-state index contributed by atoms with van der Waals surface area (Å²) in [6.45, 7) is 2.41. The van der Waals surface area contributed by atoms with Crippen LogP contribution in [0.2, 0.25) is 10.0 Å². The Kier molecular flexibility index (Phi) is 4.98. The summed E-state index contributed by atoms with van der Waals surface area (Å²) < 4.78 is 13.3. The summed E-state index contributed by atoms with van der Waals surface area (Å²) in [6, 6.07) is 5.79. The van der Waals surface area contributed by atoms with Crippen LogP contribution in [-0.2, 0) is 0 Å². The van der Waals surface area contributed by atoms with E-state index in [0.29, 0.717) is 28.1 Å². The number of hydrogen-bond acceptors (Lipinski definition) is 3. The molecule has 0 spiro atoms. The second-order valence-corrected chi connectivity index (χ2v) is 5.00. The highest BCUT2D eigenvalue weighted by atomic mass is 35.5. The van der Waals surface area contributed by atoms with Gasteiger partial charge in [0.1, 0.15) is 11.6 Å². The number of rotatable bonds is 4. The molecular formula is C14H12Cl2FN3O. The zero-order valence-electron chi connectivity index (χ0n) is 11.1. The summed E-state index contributed by atoms with van der Waals surface area (Å²) in [5.41, 5.74) is 0.487. The molecule has 2 N–H and O–H groups in total. The first-order valence-electron chi connectivity index (χ1n) is 6.17. The van der Waals surface area contributed by atoms with Gasteiger partial charge in [-0.15, -0.1) is 0 Å². The molecule has 0 saturated heterocycles. The average molecular weight is 328 g/mol. The standard InChI is InChI=1S/C14H12Cl2FN3O/c1-2-18-13-10(6-9(17)7-19-13)14(21)20-12-4-3-8(15)5-11(12)16/h3-7H,2H2,1H3,(H,18,19)(H,20,21). The Balaban J connectivity index is 2.29. The van der Waals surface area contributed by atoms with E-state index in [0.717, 1.165) is 12.3 Å². The molecule has 1 aromatic heterocycles. The van der Waals surface area contributed by atoms with Crippen molar-refractivity contribution >= 4 is 40.6 Å². The van der Waals surface area contributed by atoms with Crippen LogP contribution < -0.4 is 10.6 Å². The van der Waals surface area contributed by atoms with Gasteiger partial charge in [0.05, 0.1) is 22.5 Å². The van der Waals surface area contributed by atoms with Gasteiger partial charge in [0.2, 0.25) is 0 Å². The van der Waals surface area contributed by atoms with Crippen molar-refractivity contribution in [2.24, 2.45) is 0 Å². The Labute approximate surface area is 131 Å². The number of hydrogen-bond donors (Lipinski definition) is 2. The maximum atomic E-state index is 13.3. The van der Waals surface area contributed by atoms with Crippen LogP contribution in [-0.4, -0.2) is 17.4 Å². The van der Waals surface area contributed by atoms with Gasteiger partial charge in [-0.25, -0.2) is 9.37 Å². The van der Waals surface area contributed by atoms with Crippen LogP contribution in [0.3, 0.4) is 0 Å². The first-order chi connectivity index (χ1) is 10.0. The minimum Gasteiger partial charge on any atom is -0.370 e. The largest absolute Gasteiger partial charge is 0.370 e. The van der Waals surface area contributed by atoms with E-state index < -0.39 is 11.7 Å². The molecule has 0 radical (unpaired) electrons. The van der Waals surface area contributed by atoms with E-state index in [1.54, 1.807) is 12.1 Å². The molecule has 0 aliphatic heterocycles. The van der Waals surface area contributed by atoms with Crippen molar-refractivity contribution < 1.29 is 9.18 Å². The molecule has 2 aromatic rings. The molecule has 0 unspecified atom stereocenters. The van der Waals surface area contributed by atoms with Crippen molar-refractivity contribution in [3.8, 4) is 0 Å². The first-order valence-corrected chi connectivity index (χ1v) is 6.92. The highest BCUT2D eigenvalue weighted by Gasteiger charge is 2.15. The second kappa shape index (κ2) is 6.74. The van der Waals surface area contributed by atoms with Gasteiger partial charge in [-0.3, -0.25) is 4.79 Å². The maximum Gasteiger partial charge on any atom is 0.259 e. The third-order valence-electron chi connectivity index (χ3n) is 2.62. The number of carbonyl (C=O) groups is 1. The molecule has 110 valence electrons. The zero-order valence-corrected chi connectivity index (χ0v) is 12.6. The lowest BCUT2D eigenvalue weighted by Gasteiger charge is -2.11. The molecule has 0 aliphatic rings. The van der Waals surface area contributed by atoms with E-state index in [1.165, 1.54) is 6.07 Å². The van der Waals surface area contributed by atoms with Crippen LogP contribution in [0.5, 0.6) is 0 Å². The molecule has 0 fully saturated rings. The number of amides is 1. The molecule has 0 aliphatic carbocycles. The molecule has 1 aromatic carbocycles. The Morgan fingerprint density at radius 2 is 2.10 bits per heavy atom. The third kappa shape index (κ3) is 3.83. The number of pyridine rings is 1. The van der Waals surface area contributed by atoms with Crippen molar-refractivity contribution in [1.29, 1.82) is 0 Å². The molecule has 0 saturated carbocycles. The second-order valence-electron chi connectivity index (χ2n) is 4.16. The fraction of sp³-hybridized carbons (Fsp3) is 0.143. The lowest BCUT2D eigenvalue weighted by Crippen LogP contribution is -2.16. The van der Waals surface area contributed by atoms with E-state index in [9.17, 15) is 9.18 Å². The van der Waals surface area contributed by atoms with Gasteiger partial charge in [-0.05, 0) is 31.2 Å². The van der Waals surface area contributed by atoms with E-state index in [-0.39, 0.29) is 5.56 Å². The van der Waals surface area contributed by atoms with Crippen molar-refractivity contribution in [3.63, 3.8) is 0 Å². The summed E-state index contributed by atoms with van der Waals surface area (Å²) in [5.74, 6) is -0.798. The monoisotopic (exact) mass is 327 g/mol. The predicted molar refractivity (Wildman–Crippen MR) is 82.8 cm³/mol. The van der Waals surface area contributed by atoms with Gasteiger partial charge >= 0.3 is 0 Å². The molecule has 1 heterocycles. The molecular weight excluding hydrogens is 316 g/mol. The molecule has 7 heteroatoms. The Hall–Kier alpha value is -1.85. The van der Waals surface area contributed by atoms with Gasteiger partial charge in [-0.2, -0.15) is 0 Å². The van der Waals surface area contributed by atoms with Crippen LogP contribution in [0.15, 0.2) is 30.5 Å². The normalized spacial score (nSPS) is 10.3. The van der Waals surface area contributed by atoms with Crippen molar-refractivity contribution in [1.82, 2.24) is 4.98 Å². The van der Waals surface area contributed by atoms with E-state index in [2.05, 4.69) is 15.6 Å². The number of nitrogens with zero attached hydrogens (tertiary/aromatic N) is 1. The fourth-order valence-corrected chi connectivity index (χ4v) is 2.16. The number of aromatic nitrogens is 1. The summed E-state index contributed by atoms with van der Waals surface area (Å²) >= 11 is 11.8. The van der Waals surface area contributed by atoms with Gasteiger partial charge in [-0.1, -0.05) is 23.2 Å². The van der Waals surface area contributed by atoms with Gasteiger partial charge in [0.15, 0.2) is 0 Å². The minimum atomic E-state index is -0.594. The third-order valence-corrected chi connectivity index (χ3v) is 3.17. The lowest BCUT2D eigenvalue weighted by molar-refractivity contribution is 0.102. The topological polar surface area (TPSA) is 54.0 Å². The Bertz CT molecular complexity index is 679. The molecule has 21 heavy (non-hydrogen) atoms. The minimum absolute atomic E-state index is 0.0999. The van der Waals surface area contributed by atoms with Crippen LogP contribution in [0.1, 0.15) is 17.3 Å². The molecule has 1 amide bonds. The summed E-state index contributed by atoms with van der Waals surface area (Å²) in [4.78, 5) is 16.1. The van der Waals surface area contributed by atoms with E-state index in [4.69, 9.17) is 23.2 Å². The van der Waals surface area contributed by atoms with E-state index in [1.807, 2.05) is 6.92 Å². The van der Waals surface area contributed by atoms with Crippen LogP contribution in [0.25, 0.3) is 0 Å². The fourth-order valence-electron chi connectivity index (χ4n) is 1.70. The van der Waals surface area contributed by atoms with Crippen molar-refractivity contribution in [3.05, 3.63) is 51.9 Å². The Morgan fingerprint density at radius 1 is 1.33 bits per heavy atom. The lowest BCUT2D eigenvalue weighted by atomic mass is 10.2. The summed E-state index contributed by atoms with van der Waals surface area (Å²) in [6.07, 6.45) is 1.05. The average Bonchev–Trinajstić information content (AvgIpc) is 2.44. The van der Waals surface area contributed by atoms with Crippen LogP contribution in [0, 0.1) is 5.82 Å². The Morgan fingerprint density at radius 3 is 2.76 bits per heavy atom. The van der Waals surface area contributed by atoms with Crippen molar-refractivity contribution in [2.45, 2.75) is 6.92 Å². The number of anilines is 2. The maximum absolute atomic E-state index is 13.3. The number of halogens is 3. The van der Waals surface area contributed by atoms with Gasteiger partial charge in [0.25, 0.3) is 5.91 Å². The van der Waals surface area contributed by atoms with E-state index >= 15 is 0 Å². The predicted octanol–water partition coefficient (Wildman–Crippen LogP) is 4.21.